The van der Waals surface area contributed by atoms with Crippen molar-refractivity contribution in [1.29, 1.82) is 0 Å². The van der Waals surface area contributed by atoms with Crippen LogP contribution < -0.4 is 4.74 Å². The van der Waals surface area contributed by atoms with E-state index in [4.69, 9.17) is 16.3 Å². The minimum Gasteiger partial charge on any atom is -0.496 e. The van der Waals surface area contributed by atoms with Crippen molar-refractivity contribution in [1.82, 2.24) is 4.90 Å². The van der Waals surface area contributed by atoms with Crippen LogP contribution in [0.1, 0.15) is 36.0 Å². The van der Waals surface area contributed by atoms with Gasteiger partial charge < -0.3 is 9.64 Å². The smallest absolute Gasteiger partial charge is 0.167 e. The van der Waals surface area contributed by atoms with Gasteiger partial charge in [0.25, 0.3) is 0 Å². The zero-order valence-electron chi connectivity index (χ0n) is 11.7. The fraction of sp³-hybridized carbons (Fsp3) is 0.533. The van der Waals surface area contributed by atoms with E-state index in [9.17, 15) is 4.79 Å². The summed E-state index contributed by atoms with van der Waals surface area (Å²) in [6.45, 7) is 3.05. The molecule has 0 spiro atoms. The van der Waals surface area contributed by atoms with E-state index in [2.05, 4.69) is 4.90 Å². The molecule has 0 bridgehead atoms. The first-order valence-electron chi connectivity index (χ1n) is 6.80. The van der Waals surface area contributed by atoms with E-state index < -0.39 is 0 Å². The topological polar surface area (TPSA) is 29.5 Å². The molecule has 0 atom stereocenters. The number of ketones is 1. The Labute approximate surface area is 131 Å². The predicted molar refractivity (Wildman–Crippen MR) is 84.5 cm³/mol. The van der Waals surface area contributed by atoms with E-state index in [1.165, 1.54) is 19.3 Å². The molecule has 20 heavy (non-hydrogen) atoms. The van der Waals surface area contributed by atoms with Gasteiger partial charge in [-0.15, -0.1) is 12.4 Å². The number of ether oxygens (including phenoxy) is 1. The minimum absolute atomic E-state index is 0. The van der Waals surface area contributed by atoms with Crippen LogP contribution in [-0.4, -0.2) is 37.4 Å². The molecule has 0 amide bonds. The highest BCUT2D eigenvalue weighted by molar-refractivity contribution is 6.31. The number of hydrogen-bond donors (Lipinski definition) is 0. The van der Waals surface area contributed by atoms with Crippen molar-refractivity contribution in [2.45, 2.75) is 25.7 Å². The molecule has 0 unspecified atom stereocenters. The Morgan fingerprint density at radius 1 is 1.30 bits per heavy atom. The summed E-state index contributed by atoms with van der Waals surface area (Å²) in [6.07, 6.45) is 4.33. The van der Waals surface area contributed by atoms with E-state index in [-0.39, 0.29) is 18.2 Å². The minimum atomic E-state index is 0. The second-order valence-electron chi connectivity index (χ2n) is 4.92. The van der Waals surface area contributed by atoms with Gasteiger partial charge >= 0.3 is 0 Å². The zero-order chi connectivity index (χ0) is 13.7. The van der Waals surface area contributed by atoms with E-state index in [0.29, 0.717) is 22.8 Å². The molecule has 5 heteroatoms. The van der Waals surface area contributed by atoms with Gasteiger partial charge in [0.15, 0.2) is 5.78 Å². The number of nitrogens with zero attached hydrogens (tertiary/aromatic N) is 1. The molecular formula is C15H21Cl2NO2. The molecule has 1 fully saturated rings. The number of benzene rings is 1. The number of Topliss-reactive ketones (excluding diaryl/α,β-unsaturated/α-hetero) is 1. The number of piperidine rings is 1. The molecule has 0 aromatic heterocycles. The van der Waals surface area contributed by atoms with Crippen molar-refractivity contribution < 1.29 is 9.53 Å². The average Bonchev–Trinajstić information content (AvgIpc) is 2.46. The molecule has 0 radical (unpaired) electrons. The molecule has 1 aliphatic rings. The highest BCUT2D eigenvalue weighted by Gasteiger charge is 2.16. The quantitative estimate of drug-likeness (QED) is 0.773. The molecule has 1 aromatic rings. The van der Waals surface area contributed by atoms with Crippen LogP contribution in [0.2, 0.25) is 5.02 Å². The van der Waals surface area contributed by atoms with Crippen LogP contribution in [0.3, 0.4) is 0 Å². The van der Waals surface area contributed by atoms with Crippen molar-refractivity contribution in [3.05, 3.63) is 28.8 Å². The van der Waals surface area contributed by atoms with Gasteiger partial charge in [-0.2, -0.15) is 0 Å². The first-order chi connectivity index (χ1) is 9.20. The summed E-state index contributed by atoms with van der Waals surface area (Å²) in [5, 5.41) is 0.571. The molecule has 0 saturated carbocycles. The van der Waals surface area contributed by atoms with Crippen molar-refractivity contribution in [3.63, 3.8) is 0 Å². The van der Waals surface area contributed by atoms with Gasteiger partial charge in [-0.05, 0) is 44.1 Å². The van der Waals surface area contributed by atoms with E-state index >= 15 is 0 Å². The molecule has 1 saturated heterocycles. The lowest BCUT2D eigenvalue weighted by Gasteiger charge is -2.26. The summed E-state index contributed by atoms with van der Waals surface area (Å²) < 4.78 is 5.22. The monoisotopic (exact) mass is 317 g/mol. The number of carbonyl (C=O) groups excluding carboxylic acids is 1. The average molecular weight is 318 g/mol. The standard InChI is InChI=1S/C15H20ClNO2.ClH/c1-19-15-6-5-12(16)11-13(15)14(18)7-10-17-8-3-2-4-9-17;/h5-6,11H,2-4,7-10H2,1H3;1H. The van der Waals surface area contributed by atoms with Gasteiger partial charge in [0.05, 0.1) is 12.7 Å². The van der Waals surface area contributed by atoms with E-state index in [1.54, 1.807) is 25.3 Å². The van der Waals surface area contributed by atoms with E-state index in [0.717, 1.165) is 19.6 Å². The molecular weight excluding hydrogens is 297 g/mol. The van der Waals surface area contributed by atoms with E-state index in [1.807, 2.05) is 0 Å². The number of likely N-dealkylation sites (tertiary alicyclic amines) is 1. The maximum Gasteiger partial charge on any atom is 0.167 e. The fourth-order valence-electron chi connectivity index (χ4n) is 2.48. The number of rotatable bonds is 5. The Balaban J connectivity index is 0.00000200. The zero-order valence-corrected chi connectivity index (χ0v) is 13.3. The van der Waals surface area contributed by atoms with Gasteiger partial charge in [0.1, 0.15) is 5.75 Å². The van der Waals surface area contributed by atoms with Gasteiger partial charge in [0.2, 0.25) is 0 Å². The summed E-state index contributed by atoms with van der Waals surface area (Å²) in [5.41, 5.74) is 0.590. The molecule has 1 aliphatic heterocycles. The lowest BCUT2D eigenvalue weighted by molar-refractivity contribution is 0.0955. The first-order valence-corrected chi connectivity index (χ1v) is 7.17. The number of hydrogen-bond acceptors (Lipinski definition) is 3. The highest BCUT2D eigenvalue weighted by atomic mass is 35.5. The lowest BCUT2D eigenvalue weighted by Crippen LogP contribution is -2.31. The largest absolute Gasteiger partial charge is 0.496 e. The number of halogens is 2. The van der Waals surface area contributed by atoms with Gasteiger partial charge in [0, 0.05) is 18.0 Å². The second kappa shape index (κ2) is 8.50. The highest BCUT2D eigenvalue weighted by Crippen LogP contribution is 2.24. The lowest BCUT2D eigenvalue weighted by atomic mass is 10.1. The third-order valence-corrected chi connectivity index (χ3v) is 3.80. The Kier molecular flexibility index (Phi) is 7.35. The summed E-state index contributed by atoms with van der Waals surface area (Å²) in [5.74, 6) is 0.706. The molecule has 0 N–H and O–H groups in total. The van der Waals surface area contributed by atoms with Gasteiger partial charge in [-0.25, -0.2) is 0 Å². The Bertz CT molecular complexity index is 445. The normalized spacial score (nSPS) is 15.5. The molecule has 1 aromatic carbocycles. The molecule has 2 rings (SSSR count). The van der Waals surface area contributed by atoms with Crippen LogP contribution >= 0.6 is 24.0 Å². The van der Waals surface area contributed by atoms with Crippen molar-refractivity contribution in [2.24, 2.45) is 0 Å². The van der Waals surface area contributed by atoms with Crippen LogP contribution in [-0.2, 0) is 0 Å². The van der Waals surface area contributed by atoms with Crippen molar-refractivity contribution in [2.75, 3.05) is 26.7 Å². The number of carbonyl (C=O) groups is 1. The SMILES string of the molecule is COc1ccc(Cl)cc1C(=O)CCN1CCCCC1.Cl. The maximum absolute atomic E-state index is 12.3. The molecule has 0 aliphatic carbocycles. The Hall–Kier alpha value is -0.770. The summed E-state index contributed by atoms with van der Waals surface area (Å²) in [4.78, 5) is 14.6. The van der Waals surface area contributed by atoms with Gasteiger partial charge in [-0.3, -0.25) is 4.79 Å². The maximum atomic E-state index is 12.3. The Morgan fingerprint density at radius 2 is 2.00 bits per heavy atom. The number of methoxy groups -OCH3 is 1. The summed E-state index contributed by atoms with van der Waals surface area (Å²) in [6, 6.07) is 5.18. The van der Waals surface area contributed by atoms with Crippen molar-refractivity contribution >= 4 is 29.8 Å². The molecule has 3 nitrogen and oxygen atoms in total. The third kappa shape index (κ3) is 4.65. The molecule has 112 valence electrons. The first kappa shape index (κ1) is 17.3. The predicted octanol–water partition coefficient (Wildman–Crippen LogP) is 3.83. The van der Waals surface area contributed by atoms with Crippen LogP contribution in [0.4, 0.5) is 0 Å². The fourth-order valence-corrected chi connectivity index (χ4v) is 2.65. The van der Waals surface area contributed by atoms with Crippen LogP contribution in [0, 0.1) is 0 Å². The van der Waals surface area contributed by atoms with Gasteiger partial charge in [-0.1, -0.05) is 18.0 Å². The second-order valence-corrected chi connectivity index (χ2v) is 5.36. The summed E-state index contributed by atoms with van der Waals surface area (Å²) in [7, 11) is 1.57. The van der Waals surface area contributed by atoms with Crippen molar-refractivity contribution in [3.8, 4) is 5.75 Å². The van der Waals surface area contributed by atoms with Crippen LogP contribution in [0.15, 0.2) is 18.2 Å². The Morgan fingerprint density at radius 3 is 2.65 bits per heavy atom. The summed E-state index contributed by atoms with van der Waals surface area (Å²) >= 11 is 5.95. The molecule has 1 heterocycles. The van der Waals surface area contributed by atoms with Crippen LogP contribution in [0.5, 0.6) is 5.75 Å². The van der Waals surface area contributed by atoms with Crippen LogP contribution in [0.25, 0.3) is 0 Å². The third-order valence-electron chi connectivity index (χ3n) is 3.57.